The average Bonchev–Trinajstić information content (AvgIpc) is 2.88. The molecule has 0 spiro atoms. The molecule has 22 heavy (non-hydrogen) atoms. The fourth-order valence-corrected chi connectivity index (χ4v) is 2.72. The van der Waals surface area contributed by atoms with E-state index in [-0.39, 0.29) is 23.3 Å². The number of carbonyl (C=O) groups excluding carboxylic acids is 2. The zero-order chi connectivity index (χ0) is 16.3. The summed E-state index contributed by atoms with van der Waals surface area (Å²) >= 11 is 5.92. The number of nitrogens with one attached hydrogen (secondary N) is 2. The summed E-state index contributed by atoms with van der Waals surface area (Å²) < 4.78 is 0. The average molecular weight is 323 g/mol. The van der Waals surface area contributed by atoms with Gasteiger partial charge in [-0.05, 0) is 43.4 Å². The van der Waals surface area contributed by atoms with Crippen LogP contribution in [0, 0.1) is 5.92 Å². The van der Waals surface area contributed by atoms with Crippen LogP contribution in [0.1, 0.15) is 39.2 Å². The van der Waals surface area contributed by atoms with Gasteiger partial charge in [-0.3, -0.25) is 9.59 Å². The minimum atomic E-state index is -0.407. The number of hydrogen-bond donors (Lipinski definition) is 2. The second-order valence-electron chi connectivity index (χ2n) is 6.52. The van der Waals surface area contributed by atoms with Gasteiger partial charge < -0.3 is 10.6 Å². The second-order valence-corrected chi connectivity index (χ2v) is 6.96. The Morgan fingerprint density at radius 3 is 2.55 bits per heavy atom. The Kier molecular flexibility index (Phi) is 5.12. The van der Waals surface area contributed by atoms with Gasteiger partial charge in [0.2, 0.25) is 11.8 Å². The van der Waals surface area contributed by atoms with Crippen molar-refractivity contribution in [2.75, 3.05) is 0 Å². The number of rotatable bonds is 5. The van der Waals surface area contributed by atoms with Crippen molar-refractivity contribution >= 4 is 23.4 Å². The van der Waals surface area contributed by atoms with Crippen molar-refractivity contribution in [2.45, 2.75) is 51.6 Å². The van der Waals surface area contributed by atoms with Crippen molar-refractivity contribution in [2.24, 2.45) is 5.92 Å². The molecule has 1 aliphatic rings. The van der Waals surface area contributed by atoms with Gasteiger partial charge in [-0.1, -0.05) is 37.6 Å². The molecule has 2 rings (SSSR count). The molecule has 2 atom stereocenters. The van der Waals surface area contributed by atoms with Crippen molar-refractivity contribution in [1.82, 2.24) is 10.6 Å². The zero-order valence-electron chi connectivity index (χ0n) is 13.3. The highest BCUT2D eigenvalue weighted by molar-refractivity contribution is 6.30. The number of halogens is 1. The van der Waals surface area contributed by atoms with E-state index in [1.807, 2.05) is 31.2 Å². The second kappa shape index (κ2) is 6.69. The quantitative estimate of drug-likeness (QED) is 0.875. The molecule has 0 aromatic heterocycles. The minimum Gasteiger partial charge on any atom is -0.349 e. The third kappa shape index (κ3) is 4.01. The largest absolute Gasteiger partial charge is 0.349 e. The SMILES string of the molecule is CC(C)C(C)(Cc1ccc(Cl)cc1)NC(=O)C1CCC(=O)N1. The highest BCUT2D eigenvalue weighted by atomic mass is 35.5. The summed E-state index contributed by atoms with van der Waals surface area (Å²) in [5.74, 6) is 0.101. The van der Waals surface area contributed by atoms with E-state index in [4.69, 9.17) is 11.6 Å². The van der Waals surface area contributed by atoms with Crippen molar-refractivity contribution in [1.29, 1.82) is 0 Å². The Bertz CT molecular complexity index is 556. The predicted octanol–water partition coefficient (Wildman–Crippen LogP) is 2.69. The highest BCUT2D eigenvalue weighted by Gasteiger charge is 2.35. The molecular formula is C17H23ClN2O2. The maximum atomic E-state index is 12.4. The lowest BCUT2D eigenvalue weighted by atomic mass is 9.82. The standard InChI is InChI=1S/C17H23ClN2O2/c1-11(2)17(3,10-12-4-6-13(18)7-5-12)20-16(22)14-8-9-15(21)19-14/h4-7,11,14H,8-10H2,1-3H3,(H,19,21)(H,20,22). The molecule has 0 radical (unpaired) electrons. The Labute approximate surface area is 136 Å². The Balaban J connectivity index is 2.08. The van der Waals surface area contributed by atoms with Gasteiger partial charge >= 0.3 is 0 Å². The van der Waals surface area contributed by atoms with Gasteiger partial charge in [0.25, 0.3) is 0 Å². The summed E-state index contributed by atoms with van der Waals surface area (Å²) in [7, 11) is 0. The molecule has 2 unspecified atom stereocenters. The van der Waals surface area contributed by atoms with Crippen LogP contribution in [-0.2, 0) is 16.0 Å². The molecule has 0 aliphatic carbocycles. The lowest BCUT2D eigenvalue weighted by molar-refractivity contribution is -0.127. The number of amides is 2. The molecule has 1 heterocycles. The first-order valence-electron chi connectivity index (χ1n) is 7.66. The van der Waals surface area contributed by atoms with Crippen LogP contribution in [0.2, 0.25) is 5.02 Å². The van der Waals surface area contributed by atoms with Crippen LogP contribution in [0.15, 0.2) is 24.3 Å². The van der Waals surface area contributed by atoms with Crippen molar-refractivity contribution in [3.8, 4) is 0 Å². The molecule has 0 saturated carbocycles. The maximum absolute atomic E-state index is 12.4. The predicted molar refractivity (Wildman–Crippen MR) is 87.7 cm³/mol. The third-order valence-electron chi connectivity index (χ3n) is 4.48. The fourth-order valence-electron chi connectivity index (χ4n) is 2.60. The molecule has 1 aromatic carbocycles. The molecular weight excluding hydrogens is 300 g/mol. The Hall–Kier alpha value is -1.55. The van der Waals surface area contributed by atoms with Gasteiger partial charge in [-0.15, -0.1) is 0 Å². The van der Waals surface area contributed by atoms with E-state index < -0.39 is 6.04 Å². The maximum Gasteiger partial charge on any atom is 0.243 e. The summed E-state index contributed by atoms with van der Waals surface area (Å²) in [6, 6.07) is 7.27. The first kappa shape index (κ1) is 16.8. The van der Waals surface area contributed by atoms with Gasteiger partial charge in [0, 0.05) is 17.0 Å². The summed E-state index contributed by atoms with van der Waals surface area (Å²) in [5, 5.41) is 6.55. The van der Waals surface area contributed by atoms with E-state index >= 15 is 0 Å². The van der Waals surface area contributed by atoms with Crippen LogP contribution in [0.4, 0.5) is 0 Å². The molecule has 2 N–H and O–H groups in total. The Morgan fingerprint density at radius 2 is 2.05 bits per heavy atom. The van der Waals surface area contributed by atoms with E-state index in [0.717, 1.165) is 5.56 Å². The monoisotopic (exact) mass is 322 g/mol. The number of hydrogen-bond acceptors (Lipinski definition) is 2. The van der Waals surface area contributed by atoms with Crippen molar-refractivity contribution in [3.05, 3.63) is 34.9 Å². The van der Waals surface area contributed by atoms with Crippen LogP contribution < -0.4 is 10.6 Å². The molecule has 0 bridgehead atoms. The van der Waals surface area contributed by atoms with Crippen LogP contribution in [0.5, 0.6) is 0 Å². The summed E-state index contributed by atoms with van der Waals surface area (Å²) in [6.07, 6.45) is 1.71. The molecule has 4 nitrogen and oxygen atoms in total. The van der Waals surface area contributed by atoms with Gasteiger partial charge in [-0.2, -0.15) is 0 Å². The zero-order valence-corrected chi connectivity index (χ0v) is 14.0. The lowest BCUT2D eigenvalue weighted by Crippen LogP contribution is -2.56. The van der Waals surface area contributed by atoms with Crippen LogP contribution in [0.3, 0.4) is 0 Å². The van der Waals surface area contributed by atoms with Crippen LogP contribution in [0.25, 0.3) is 0 Å². The van der Waals surface area contributed by atoms with Crippen LogP contribution in [-0.4, -0.2) is 23.4 Å². The summed E-state index contributed by atoms with van der Waals surface area (Å²) in [5.41, 5.74) is 0.745. The van der Waals surface area contributed by atoms with Gasteiger partial charge in [0.1, 0.15) is 6.04 Å². The Morgan fingerprint density at radius 1 is 1.41 bits per heavy atom. The minimum absolute atomic E-state index is 0.0518. The van der Waals surface area contributed by atoms with Crippen LogP contribution >= 0.6 is 11.6 Å². The summed E-state index contributed by atoms with van der Waals surface area (Å²) in [4.78, 5) is 23.7. The topological polar surface area (TPSA) is 58.2 Å². The van der Waals surface area contributed by atoms with E-state index in [1.54, 1.807) is 0 Å². The van der Waals surface area contributed by atoms with E-state index in [1.165, 1.54) is 0 Å². The highest BCUT2D eigenvalue weighted by Crippen LogP contribution is 2.24. The fraction of sp³-hybridized carbons (Fsp3) is 0.529. The van der Waals surface area contributed by atoms with Gasteiger partial charge in [0.05, 0.1) is 0 Å². The first-order valence-corrected chi connectivity index (χ1v) is 8.04. The van der Waals surface area contributed by atoms with Crippen molar-refractivity contribution < 1.29 is 9.59 Å². The molecule has 1 saturated heterocycles. The third-order valence-corrected chi connectivity index (χ3v) is 4.73. The number of carbonyl (C=O) groups is 2. The normalized spacial score (nSPS) is 20.6. The molecule has 120 valence electrons. The molecule has 2 amide bonds. The number of benzene rings is 1. The van der Waals surface area contributed by atoms with E-state index in [2.05, 4.69) is 24.5 Å². The van der Waals surface area contributed by atoms with Crippen molar-refractivity contribution in [3.63, 3.8) is 0 Å². The molecule has 1 aromatic rings. The van der Waals surface area contributed by atoms with Gasteiger partial charge in [0.15, 0.2) is 0 Å². The first-order chi connectivity index (χ1) is 10.3. The smallest absolute Gasteiger partial charge is 0.243 e. The van der Waals surface area contributed by atoms with E-state index in [9.17, 15) is 9.59 Å². The van der Waals surface area contributed by atoms with E-state index in [0.29, 0.717) is 24.3 Å². The molecule has 1 aliphatic heterocycles. The molecule has 1 fully saturated rings. The summed E-state index contributed by atoms with van der Waals surface area (Å²) in [6.45, 7) is 6.22. The lowest BCUT2D eigenvalue weighted by Gasteiger charge is -2.36. The van der Waals surface area contributed by atoms with Gasteiger partial charge in [-0.25, -0.2) is 0 Å². The molecule has 5 heteroatoms.